The summed E-state index contributed by atoms with van der Waals surface area (Å²) in [5.41, 5.74) is 1.01. The van der Waals surface area contributed by atoms with E-state index in [1.165, 1.54) is 12.1 Å². The summed E-state index contributed by atoms with van der Waals surface area (Å²) >= 11 is 0. The molecule has 0 spiro atoms. The molecule has 2 aromatic carbocycles. The van der Waals surface area contributed by atoms with Crippen molar-refractivity contribution in [2.75, 3.05) is 6.61 Å². The SMILES string of the molecule is O=C(N=CC1CCO[C@H](c2ccccc2)C1)C1(c2ccc3c(c2)OC(F)(F)O3)CC1. The third-order valence-electron chi connectivity index (χ3n) is 6.01. The summed E-state index contributed by atoms with van der Waals surface area (Å²) < 4.78 is 41.4. The summed E-state index contributed by atoms with van der Waals surface area (Å²) in [6, 6.07) is 14.5. The molecule has 0 N–H and O–H groups in total. The van der Waals surface area contributed by atoms with E-state index in [0.717, 1.165) is 18.4 Å². The Morgan fingerprint density at radius 2 is 1.83 bits per heavy atom. The number of nitrogens with zero attached hydrogens (tertiary/aromatic N) is 1. The van der Waals surface area contributed by atoms with Gasteiger partial charge in [0, 0.05) is 12.8 Å². The molecule has 7 heteroatoms. The van der Waals surface area contributed by atoms with Gasteiger partial charge in [-0.05, 0) is 54.9 Å². The van der Waals surface area contributed by atoms with Gasteiger partial charge in [-0.3, -0.25) is 4.79 Å². The second-order valence-corrected chi connectivity index (χ2v) is 8.05. The number of fused-ring (bicyclic) bond motifs is 1. The molecule has 1 unspecified atom stereocenters. The van der Waals surface area contributed by atoms with Crippen LogP contribution in [0, 0.1) is 5.92 Å². The number of hydrogen-bond donors (Lipinski definition) is 0. The third kappa shape index (κ3) is 3.58. The maximum atomic E-state index is 13.3. The molecule has 1 amide bonds. The summed E-state index contributed by atoms with van der Waals surface area (Å²) in [5.74, 6) is -0.157. The minimum atomic E-state index is -3.67. The van der Waals surface area contributed by atoms with Gasteiger partial charge in [0.2, 0.25) is 0 Å². The van der Waals surface area contributed by atoms with E-state index >= 15 is 0 Å². The molecule has 1 saturated heterocycles. The number of amides is 1. The molecular weight excluding hydrogens is 392 g/mol. The molecule has 5 nitrogen and oxygen atoms in total. The zero-order valence-electron chi connectivity index (χ0n) is 16.2. The summed E-state index contributed by atoms with van der Waals surface area (Å²) in [6.45, 7) is 0.617. The molecular formula is C23H21F2NO4. The first-order valence-electron chi connectivity index (χ1n) is 10.1. The number of ether oxygens (including phenoxy) is 3. The predicted molar refractivity (Wildman–Crippen MR) is 105 cm³/mol. The zero-order chi connectivity index (χ0) is 20.8. The summed E-state index contributed by atoms with van der Waals surface area (Å²) in [7, 11) is 0. The maximum absolute atomic E-state index is 13.3. The molecule has 3 aliphatic rings. The van der Waals surface area contributed by atoms with Gasteiger partial charge in [-0.25, -0.2) is 4.99 Å². The highest BCUT2D eigenvalue weighted by Gasteiger charge is 2.52. The predicted octanol–water partition coefficient (Wildman–Crippen LogP) is 4.81. The van der Waals surface area contributed by atoms with Crippen LogP contribution in [0.15, 0.2) is 53.5 Å². The van der Waals surface area contributed by atoms with Crippen molar-refractivity contribution in [2.24, 2.45) is 10.9 Å². The number of rotatable bonds is 4. The van der Waals surface area contributed by atoms with Crippen molar-refractivity contribution in [3.05, 3.63) is 59.7 Å². The molecule has 30 heavy (non-hydrogen) atoms. The van der Waals surface area contributed by atoms with Gasteiger partial charge in [0.1, 0.15) is 0 Å². The number of carbonyl (C=O) groups excluding carboxylic acids is 1. The van der Waals surface area contributed by atoms with Gasteiger partial charge in [0.05, 0.1) is 11.5 Å². The van der Waals surface area contributed by atoms with Crippen LogP contribution in [0.2, 0.25) is 0 Å². The van der Waals surface area contributed by atoms with Crippen LogP contribution in [0.4, 0.5) is 8.78 Å². The highest BCUT2D eigenvalue weighted by Crippen LogP contribution is 2.52. The van der Waals surface area contributed by atoms with Gasteiger partial charge in [0.15, 0.2) is 11.5 Å². The lowest BCUT2D eigenvalue weighted by molar-refractivity contribution is -0.286. The Labute approximate surface area is 172 Å². The van der Waals surface area contributed by atoms with E-state index in [4.69, 9.17) is 4.74 Å². The molecule has 2 atom stereocenters. The van der Waals surface area contributed by atoms with Crippen LogP contribution in [-0.4, -0.2) is 25.0 Å². The van der Waals surface area contributed by atoms with E-state index in [9.17, 15) is 13.6 Å². The van der Waals surface area contributed by atoms with Gasteiger partial charge in [-0.2, -0.15) is 0 Å². The van der Waals surface area contributed by atoms with Crippen molar-refractivity contribution in [2.45, 2.75) is 43.5 Å². The summed E-state index contributed by atoms with van der Waals surface area (Å²) in [5, 5.41) is 0. The number of hydrogen-bond acceptors (Lipinski definition) is 4. The summed E-state index contributed by atoms with van der Waals surface area (Å²) in [6.07, 6.45) is 0.926. The van der Waals surface area contributed by atoms with Crippen LogP contribution in [0.25, 0.3) is 0 Å². The Balaban J connectivity index is 1.28. The molecule has 0 bridgehead atoms. The van der Waals surface area contributed by atoms with Crippen molar-refractivity contribution in [1.29, 1.82) is 0 Å². The van der Waals surface area contributed by atoms with E-state index in [1.54, 1.807) is 12.3 Å². The molecule has 0 radical (unpaired) electrons. The second kappa shape index (κ2) is 7.16. The normalized spacial score (nSPS) is 25.9. The fourth-order valence-corrected chi connectivity index (χ4v) is 4.15. The Kier molecular flexibility index (Phi) is 4.58. The van der Waals surface area contributed by atoms with E-state index in [1.807, 2.05) is 30.3 Å². The zero-order valence-corrected chi connectivity index (χ0v) is 16.2. The van der Waals surface area contributed by atoms with Gasteiger partial charge < -0.3 is 14.2 Å². The average molecular weight is 413 g/mol. The lowest BCUT2D eigenvalue weighted by atomic mass is 9.92. The lowest BCUT2D eigenvalue weighted by Crippen LogP contribution is -2.26. The quantitative estimate of drug-likeness (QED) is 0.676. The minimum Gasteiger partial charge on any atom is -0.395 e. The first kappa shape index (κ1) is 19.2. The van der Waals surface area contributed by atoms with Crippen molar-refractivity contribution in [3.8, 4) is 11.5 Å². The van der Waals surface area contributed by atoms with Crippen molar-refractivity contribution < 1.29 is 27.8 Å². The molecule has 2 heterocycles. The lowest BCUT2D eigenvalue weighted by Gasteiger charge is -2.27. The number of aliphatic imine (C=N–C) groups is 1. The van der Waals surface area contributed by atoms with E-state index in [2.05, 4.69) is 14.5 Å². The molecule has 0 aromatic heterocycles. The van der Waals surface area contributed by atoms with E-state index in [0.29, 0.717) is 25.0 Å². The van der Waals surface area contributed by atoms with E-state index < -0.39 is 11.7 Å². The van der Waals surface area contributed by atoms with Gasteiger partial charge >= 0.3 is 6.29 Å². The molecule has 1 aliphatic carbocycles. The standard InChI is InChI=1S/C23H21F2NO4/c24-23(25)29-18-7-6-17(13-20(18)30-23)22(9-10-22)21(27)26-14-15-8-11-28-19(12-15)16-4-2-1-3-5-16/h1-7,13-15,19H,8-12H2/t15?,19-/m0/s1. The number of carbonyl (C=O) groups is 1. The van der Waals surface area contributed by atoms with Crippen LogP contribution < -0.4 is 9.47 Å². The molecule has 2 fully saturated rings. The highest BCUT2D eigenvalue weighted by molar-refractivity contribution is 5.96. The van der Waals surface area contributed by atoms with Gasteiger partial charge in [-0.1, -0.05) is 36.4 Å². The Bertz CT molecular complexity index is 988. The van der Waals surface area contributed by atoms with Gasteiger partial charge in [0.25, 0.3) is 5.91 Å². The Morgan fingerprint density at radius 3 is 2.60 bits per heavy atom. The van der Waals surface area contributed by atoms with Crippen molar-refractivity contribution in [1.82, 2.24) is 0 Å². The smallest absolute Gasteiger partial charge is 0.395 e. The first-order chi connectivity index (χ1) is 14.5. The topological polar surface area (TPSA) is 57.1 Å². The van der Waals surface area contributed by atoms with Crippen LogP contribution in [0.5, 0.6) is 11.5 Å². The fraction of sp³-hybridized carbons (Fsp3) is 0.391. The summed E-state index contributed by atoms with van der Waals surface area (Å²) in [4.78, 5) is 17.2. The van der Waals surface area contributed by atoms with Crippen LogP contribution in [0.1, 0.15) is 42.9 Å². The van der Waals surface area contributed by atoms with Crippen LogP contribution in [-0.2, 0) is 14.9 Å². The molecule has 1 saturated carbocycles. The Hall–Kier alpha value is -2.80. The molecule has 156 valence electrons. The number of halogens is 2. The van der Waals surface area contributed by atoms with Crippen molar-refractivity contribution >= 4 is 12.1 Å². The van der Waals surface area contributed by atoms with Crippen molar-refractivity contribution in [3.63, 3.8) is 0 Å². The van der Waals surface area contributed by atoms with E-state index in [-0.39, 0.29) is 29.4 Å². The Morgan fingerprint density at radius 1 is 1.07 bits per heavy atom. The third-order valence-corrected chi connectivity index (χ3v) is 6.01. The molecule has 2 aliphatic heterocycles. The van der Waals surface area contributed by atoms with Crippen LogP contribution in [0.3, 0.4) is 0 Å². The maximum Gasteiger partial charge on any atom is 0.586 e. The number of alkyl halides is 2. The van der Waals surface area contributed by atoms with Gasteiger partial charge in [-0.15, -0.1) is 8.78 Å². The average Bonchev–Trinajstić information content (AvgIpc) is 3.50. The largest absolute Gasteiger partial charge is 0.586 e. The second-order valence-electron chi connectivity index (χ2n) is 8.05. The number of benzene rings is 2. The monoisotopic (exact) mass is 413 g/mol. The van der Waals surface area contributed by atoms with Crippen LogP contribution >= 0.6 is 0 Å². The molecule has 5 rings (SSSR count). The molecule has 2 aromatic rings. The minimum absolute atomic E-state index is 0.00286. The fourth-order valence-electron chi connectivity index (χ4n) is 4.15. The highest BCUT2D eigenvalue weighted by atomic mass is 19.3. The first-order valence-corrected chi connectivity index (χ1v) is 10.1.